The Bertz CT molecular complexity index is 1380. The normalized spacial score (nSPS) is 53.1. The SMILES string of the molecule is C/C(=N\N=C(N)N)[C@H]1CC[C@]2(O)[C@@H]3CC[C@@H]4C[C@@H](O[C@H]5C[C@H](O)[C@H](O[C@H]6C[C@H](O)[C@H](O[C@H]7C[C@H](O)[C@H](O)[C@@H](C)O7)[C@@H](C)O6)[C@@H](C)O5)CC[C@]4(C)[C@H]3CC[C@]12C. The molecule has 7 fully saturated rings. The summed E-state index contributed by atoms with van der Waals surface area (Å²) in [5, 5.41) is 63.3. The van der Waals surface area contributed by atoms with Crippen molar-refractivity contribution in [3.63, 3.8) is 0 Å². The summed E-state index contributed by atoms with van der Waals surface area (Å²) in [5.41, 5.74) is 11.1. The van der Waals surface area contributed by atoms with Gasteiger partial charge in [0.2, 0.25) is 5.96 Å². The van der Waals surface area contributed by atoms with E-state index in [4.69, 9.17) is 39.9 Å². The average molecular weight is 781 g/mol. The lowest BCUT2D eigenvalue weighted by molar-refractivity contribution is -0.336. The molecule has 7 rings (SSSR count). The van der Waals surface area contributed by atoms with E-state index in [-0.39, 0.29) is 54.0 Å². The summed E-state index contributed by atoms with van der Waals surface area (Å²) < 4.78 is 36.9. The van der Waals surface area contributed by atoms with E-state index in [0.29, 0.717) is 11.8 Å². The summed E-state index contributed by atoms with van der Waals surface area (Å²) >= 11 is 0. The lowest BCUT2D eigenvalue weighted by atomic mass is 9.43. The quantitative estimate of drug-likeness (QED) is 0.0813. The number of guanidine groups is 1. The number of nitrogens with zero attached hydrogens (tertiary/aromatic N) is 2. The molecule has 0 aromatic heterocycles. The molecule has 15 heteroatoms. The van der Waals surface area contributed by atoms with Crippen molar-refractivity contribution in [2.45, 2.75) is 204 Å². The van der Waals surface area contributed by atoms with Gasteiger partial charge in [-0.2, -0.15) is 5.10 Å². The van der Waals surface area contributed by atoms with E-state index in [1.807, 2.05) is 13.8 Å². The Morgan fingerprint density at radius 3 is 1.82 bits per heavy atom. The molecule has 314 valence electrons. The smallest absolute Gasteiger partial charge is 0.211 e. The maximum atomic E-state index is 12.6. The van der Waals surface area contributed by atoms with Gasteiger partial charge in [0.05, 0.1) is 48.3 Å². The van der Waals surface area contributed by atoms with Gasteiger partial charge in [-0.05, 0) is 109 Å². The third-order valence-electron chi connectivity index (χ3n) is 15.6. The summed E-state index contributed by atoms with van der Waals surface area (Å²) in [5.74, 6) is 1.27. The molecule has 0 unspecified atom stereocenters. The molecular weight excluding hydrogens is 712 g/mol. The first-order valence-electron chi connectivity index (χ1n) is 20.9. The molecule has 55 heavy (non-hydrogen) atoms. The maximum Gasteiger partial charge on any atom is 0.211 e. The average Bonchev–Trinajstić information content (AvgIpc) is 3.40. The Morgan fingerprint density at radius 1 is 0.655 bits per heavy atom. The lowest BCUT2D eigenvalue weighted by Crippen LogP contribution is -2.62. The molecule has 0 radical (unpaired) electrons. The Labute approximate surface area is 325 Å². The molecule has 0 bridgehead atoms. The van der Waals surface area contributed by atoms with Crippen LogP contribution in [0.15, 0.2) is 10.2 Å². The van der Waals surface area contributed by atoms with Gasteiger partial charge < -0.3 is 65.4 Å². The van der Waals surface area contributed by atoms with Crippen LogP contribution in [-0.2, 0) is 28.4 Å². The zero-order valence-electron chi connectivity index (χ0n) is 33.5. The van der Waals surface area contributed by atoms with Gasteiger partial charge in [-0.25, -0.2) is 0 Å². The van der Waals surface area contributed by atoms with Crippen LogP contribution in [0.4, 0.5) is 0 Å². The minimum atomic E-state index is -0.996. The van der Waals surface area contributed by atoms with Crippen LogP contribution in [0.2, 0.25) is 0 Å². The summed E-state index contributed by atoms with van der Waals surface area (Å²) in [6, 6.07) is 0. The van der Waals surface area contributed by atoms with Gasteiger partial charge in [-0.15, -0.1) is 5.10 Å². The Morgan fingerprint density at radius 2 is 1.24 bits per heavy atom. The van der Waals surface area contributed by atoms with Gasteiger partial charge in [0.15, 0.2) is 18.9 Å². The van der Waals surface area contributed by atoms with Crippen molar-refractivity contribution in [1.29, 1.82) is 0 Å². The van der Waals surface area contributed by atoms with E-state index in [9.17, 15) is 25.5 Å². The summed E-state index contributed by atoms with van der Waals surface area (Å²) in [4.78, 5) is 0. The van der Waals surface area contributed by atoms with Crippen LogP contribution >= 0.6 is 0 Å². The zero-order chi connectivity index (χ0) is 39.6. The number of fused-ring (bicyclic) bond motifs is 5. The molecule has 3 saturated heterocycles. The van der Waals surface area contributed by atoms with Crippen molar-refractivity contribution in [3.8, 4) is 0 Å². The molecule has 0 spiro atoms. The molecule has 9 N–H and O–H groups in total. The zero-order valence-corrected chi connectivity index (χ0v) is 33.5. The third kappa shape index (κ3) is 7.74. The second-order valence-electron chi connectivity index (χ2n) is 18.7. The molecule has 7 aliphatic rings. The highest BCUT2D eigenvalue weighted by atomic mass is 16.7. The second-order valence-corrected chi connectivity index (χ2v) is 18.7. The highest BCUT2D eigenvalue weighted by Gasteiger charge is 2.67. The minimum absolute atomic E-state index is 0.0220. The molecule has 0 aromatic rings. The number of hydrogen-bond donors (Lipinski definition) is 7. The molecule has 3 heterocycles. The van der Waals surface area contributed by atoms with Crippen LogP contribution in [-0.4, -0.2) is 123 Å². The number of rotatable bonds is 8. The summed E-state index contributed by atoms with van der Waals surface area (Å²) in [7, 11) is 0. The third-order valence-corrected chi connectivity index (χ3v) is 15.6. The van der Waals surface area contributed by atoms with E-state index in [0.717, 1.165) is 63.5 Å². The van der Waals surface area contributed by atoms with Crippen molar-refractivity contribution in [2.75, 3.05) is 0 Å². The minimum Gasteiger partial charge on any atom is -0.390 e. The van der Waals surface area contributed by atoms with Crippen LogP contribution < -0.4 is 11.5 Å². The fourth-order valence-electron chi connectivity index (χ4n) is 12.5. The number of ether oxygens (including phenoxy) is 6. The Kier molecular flexibility index (Phi) is 12.1. The highest BCUT2D eigenvalue weighted by molar-refractivity contribution is 5.86. The molecule has 15 nitrogen and oxygen atoms in total. The monoisotopic (exact) mass is 780 g/mol. The van der Waals surface area contributed by atoms with Crippen LogP contribution in [0.5, 0.6) is 0 Å². The standard InChI is InChI=1S/C40H68N4O11/c1-19(43-44-37(41)42)25-11-14-40(49)27-8-7-23-15-24(9-12-38(23,5)26(27)10-13-39(25,40)6)53-31-17-29(46)35(21(3)51-31)55-33-18-30(47)36(22(4)52-33)54-32-16-28(45)34(48)20(2)50-32/h20-36,45-49H,7-18H2,1-6H3,(H4,41,42,44)/b43-19+/t20-,21-,22-,23-,24+,25-,26+,27-,28+,29+,30+,31+,32+,33+,34-,35-,36-,38+,39-,40+/m1/s1. The molecular formula is C40H68N4O11. The first-order valence-corrected chi connectivity index (χ1v) is 20.9. The van der Waals surface area contributed by atoms with Crippen LogP contribution in [0.3, 0.4) is 0 Å². The largest absolute Gasteiger partial charge is 0.390 e. The van der Waals surface area contributed by atoms with Crippen molar-refractivity contribution in [2.24, 2.45) is 56.2 Å². The van der Waals surface area contributed by atoms with Gasteiger partial charge in [0.25, 0.3) is 0 Å². The maximum absolute atomic E-state index is 12.6. The fraction of sp³-hybridized carbons (Fsp3) is 0.950. The van der Waals surface area contributed by atoms with E-state index >= 15 is 0 Å². The van der Waals surface area contributed by atoms with Crippen LogP contribution in [0, 0.1) is 34.5 Å². The summed E-state index contributed by atoms with van der Waals surface area (Å²) in [6.45, 7) is 12.0. The Hall–Kier alpha value is -1.50. The van der Waals surface area contributed by atoms with Crippen molar-refractivity contribution in [3.05, 3.63) is 0 Å². The molecule has 4 saturated carbocycles. The first kappa shape index (κ1) is 41.7. The Balaban J connectivity index is 0.902. The van der Waals surface area contributed by atoms with Gasteiger partial charge in [-0.3, -0.25) is 0 Å². The molecule has 3 aliphatic heterocycles. The molecule has 0 amide bonds. The fourth-order valence-corrected chi connectivity index (χ4v) is 12.5. The molecule has 0 aromatic carbocycles. The van der Waals surface area contributed by atoms with Crippen molar-refractivity contribution >= 4 is 11.7 Å². The van der Waals surface area contributed by atoms with E-state index in [1.54, 1.807) is 13.8 Å². The highest BCUT2D eigenvalue weighted by Crippen LogP contribution is 2.69. The van der Waals surface area contributed by atoms with Gasteiger partial charge in [-0.1, -0.05) is 13.8 Å². The number of aliphatic hydroxyl groups is 5. The molecule has 20 atom stereocenters. The molecule has 4 aliphatic carbocycles. The van der Waals surface area contributed by atoms with Crippen molar-refractivity contribution in [1.82, 2.24) is 0 Å². The van der Waals surface area contributed by atoms with E-state index in [2.05, 4.69) is 24.1 Å². The van der Waals surface area contributed by atoms with E-state index < -0.39 is 79.4 Å². The summed E-state index contributed by atoms with van der Waals surface area (Å²) in [6.07, 6.45) is 0.148. The second kappa shape index (κ2) is 15.9. The first-order chi connectivity index (χ1) is 25.9. The predicted molar refractivity (Wildman–Crippen MR) is 201 cm³/mol. The van der Waals surface area contributed by atoms with Gasteiger partial charge in [0.1, 0.15) is 18.3 Å². The van der Waals surface area contributed by atoms with Gasteiger partial charge >= 0.3 is 0 Å². The topological polar surface area (TPSA) is 233 Å². The number of aliphatic hydroxyl groups excluding tert-OH is 4. The van der Waals surface area contributed by atoms with Crippen LogP contribution in [0.25, 0.3) is 0 Å². The van der Waals surface area contributed by atoms with Crippen LogP contribution in [0.1, 0.15) is 119 Å². The van der Waals surface area contributed by atoms with E-state index in [1.165, 1.54) is 0 Å². The lowest BCUT2D eigenvalue weighted by Gasteiger charge is -2.63. The van der Waals surface area contributed by atoms with Crippen molar-refractivity contribution < 1.29 is 54.0 Å². The predicted octanol–water partition coefficient (Wildman–Crippen LogP) is 2.41. The number of nitrogens with two attached hydrogens (primary N) is 2. The van der Waals surface area contributed by atoms with Gasteiger partial charge in [0, 0.05) is 36.3 Å². The number of hydrogen-bond acceptors (Lipinski definition) is 13.